The Bertz CT molecular complexity index is 1140. The van der Waals surface area contributed by atoms with E-state index in [9.17, 15) is 4.79 Å². The molecule has 2 aromatic carbocycles. The van der Waals surface area contributed by atoms with Crippen molar-refractivity contribution in [1.82, 2.24) is 14.8 Å². The first-order valence-electron chi connectivity index (χ1n) is 11.5. The molecule has 1 fully saturated rings. The number of fused-ring (bicyclic) bond motifs is 1. The predicted octanol–water partition coefficient (Wildman–Crippen LogP) is 3.87. The van der Waals surface area contributed by atoms with Gasteiger partial charge in [0.05, 0.1) is 24.2 Å². The molecule has 8 heteroatoms. The molecule has 1 unspecified atom stereocenters. The van der Waals surface area contributed by atoms with E-state index in [1.54, 1.807) is 0 Å². The molecule has 0 radical (unpaired) electrons. The molecular formula is C25H29N5O2S. The lowest BCUT2D eigenvalue weighted by molar-refractivity contribution is -0.117. The predicted molar refractivity (Wildman–Crippen MR) is 132 cm³/mol. The zero-order valence-electron chi connectivity index (χ0n) is 19.1. The Balaban J connectivity index is 1.44. The zero-order valence-corrected chi connectivity index (χ0v) is 19.9. The fraction of sp³-hybridized carbons (Fsp3) is 0.400. The molecule has 1 atom stereocenters. The second kappa shape index (κ2) is 9.57. The first-order valence-corrected chi connectivity index (χ1v) is 12.4. The molecule has 0 spiro atoms. The number of nitrogens with zero attached hydrogens (tertiary/aromatic N) is 5. The lowest BCUT2D eigenvalue weighted by Crippen LogP contribution is -2.40. The van der Waals surface area contributed by atoms with E-state index in [4.69, 9.17) is 4.74 Å². The van der Waals surface area contributed by atoms with Crippen LogP contribution < -0.4 is 9.80 Å². The zero-order chi connectivity index (χ0) is 22.8. The van der Waals surface area contributed by atoms with Gasteiger partial charge in [0.2, 0.25) is 11.9 Å². The monoisotopic (exact) mass is 463 g/mol. The SMILES string of the molecule is Cc1cccc(-n2c(SC(C)C(=O)N3CCCc4ccccc43)nnc2N2CCOCC2)c1. The van der Waals surface area contributed by atoms with Crippen LogP contribution in [0.2, 0.25) is 0 Å². The molecule has 3 aromatic rings. The van der Waals surface area contributed by atoms with E-state index in [2.05, 4.69) is 56.9 Å². The van der Waals surface area contributed by atoms with Crippen molar-refractivity contribution in [2.24, 2.45) is 0 Å². The lowest BCUT2D eigenvalue weighted by Gasteiger charge is -2.31. The van der Waals surface area contributed by atoms with Crippen molar-refractivity contribution >= 4 is 29.3 Å². The fourth-order valence-corrected chi connectivity index (χ4v) is 5.41. The molecule has 2 aliphatic heterocycles. The molecule has 1 amide bonds. The molecule has 0 N–H and O–H groups in total. The quantitative estimate of drug-likeness (QED) is 0.535. The van der Waals surface area contributed by atoms with E-state index in [-0.39, 0.29) is 11.2 Å². The van der Waals surface area contributed by atoms with Gasteiger partial charge in [-0.3, -0.25) is 9.36 Å². The van der Waals surface area contributed by atoms with Crippen molar-refractivity contribution in [3.05, 3.63) is 59.7 Å². The molecule has 5 rings (SSSR count). The van der Waals surface area contributed by atoms with Crippen molar-refractivity contribution in [1.29, 1.82) is 0 Å². The van der Waals surface area contributed by atoms with Gasteiger partial charge in [0.25, 0.3) is 0 Å². The van der Waals surface area contributed by atoms with Gasteiger partial charge in [0.1, 0.15) is 0 Å². The average molecular weight is 464 g/mol. The number of morpholine rings is 1. The Hall–Kier alpha value is -2.84. The number of hydrogen-bond donors (Lipinski definition) is 0. The third-order valence-electron chi connectivity index (χ3n) is 6.18. The number of thioether (sulfide) groups is 1. The Labute approximate surface area is 198 Å². The van der Waals surface area contributed by atoms with Crippen molar-refractivity contribution in [2.45, 2.75) is 37.1 Å². The van der Waals surface area contributed by atoms with Crippen LogP contribution in [0.1, 0.15) is 24.5 Å². The minimum absolute atomic E-state index is 0.110. The molecule has 1 aromatic heterocycles. The second-order valence-electron chi connectivity index (χ2n) is 8.54. The van der Waals surface area contributed by atoms with E-state index >= 15 is 0 Å². The number of benzene rings is 2. The minimum Gasteiger partial charge on any atom is -0.378 e. The molecule has 0 aliphatic carbocycles. The molecule has 0 bridgehead atoms. The maximum Gasteiger partial charge on any atom is 0.240 e. The number of anilines is 2. The smallest absolute Gasteiger partial charge is 0.240 e. The molecule has 172 valence electrons. The number of carbonyl (C=O) groups excluding carboxylic acids is 1. The van der Waals surface area contributed by atoms with Crippen molar-refractivity contribution in [3.63, 3.8) is 0 Å². The van der Waals surface area contributed by atoms with Crippen LogP contribution in [0.5, 0.6) is 0 Å². The standard InChI is InChI=1S/C25H29N5O2S/c1-18-7-5-10-21(17-18)30-24(28-13-15-32-16-14-28)26-27-25(30)33-19(2)23(31)29-12-6-9-20-8-3-4-11-22(20)29/h3-5,7-8,10-11,17,19H,6,9,12-16H2,1-2H3. The number of aryl methyl sites for hydroxylation is 2. The number of amides is 1. The van der Waals surface area contributed by atoms with Crippen LogP contribution in [-0.4, -0.2) is 58.8 Å². The van der Waals surface area contributed by atoms with Crippen LogP contribution in [0.25, 0.3) is 5.69 Å². The van der Waals surface area contributed by atoms with E-state index in [0.717, 1.165) is 55.0 Å². The largest absolute Gasteiger partial charge is 0.378 e. The third kappa shape index (κ3) is 4.50. The normalized spacial score (nSPS) is 17.0. The van der Waals surface area contributed by atoms with E-state index in [1.807, 2.05) is 30.0 Å². The summed E-state index contributed by atoms with van der Waals surface area (Å²) in [6.07, 6.45) is 2.01. The van der Waals surface area contributed by atoms with Gasteiger partial charge in [-0.25, -0.2) is 0 Å². The summed E-state index contributed by atoms with van der Waals surface area (Å²) in [6.45, 7) is 7.69. The minimum atomic E-state index is -0.290. The van der Waals surface area contributed by atoms with Crippen LogP contribution in [0, 0.1) is 6.92 Å². The van der Waals surface area contributed by atoms with Gasteiger partial charge in [-0.1, -0.05) is 42.1 Å². The van der Waals surface area contributed by atoms with Crippen LogP contribution >= 0.6 is 11.8 Å². The molecule has 2 aliphatic rings. The summed E-state index contributed by atoms with van der Waals surface area (Å²) >= 11 is 1.47. The number of carbonyl (C=O) groups is 1. The Morgan fingerprint density at radius 3 is 2.70 bits per heavy atom. The van der Waals surface area contributed by atoms with Crippen molar-refractivity contribution in [3.8, 4) is 5.69 Å². The van der Waals surface area contributed by atoms with E-state index in [1.165, 1.54) is 22.9 Å². The molecule has 33 heavy (non-hydrogen) atoms. The van der Waals surface area contributed by atoms with E-state index in [0.29, 0.717) is 13.2 Å². The second-order valence-corrected chi connectivity index (χ2v) is 9.85. The molecule has 7 nitrogen and oxygen atoms in total. The van der Waals surface area contributed by atoms with Crippen molar-refractivity contribution in [2.75, 3.05) is 42.6 Å². The molecule has 1 saturated heterocycles. The third-order valence-corrected chi connectivity index (χ3v) is 7.21. The van der Waals surface area contributed by atoms with Crippen LogP contribution in [-0.2, 0) is 16.0 Å². The van der Waals surface area contributed by atoms with E-state index < -0.39 is 0 Å². The molecular weight excluding hydrogens is 434 g/mol. The number of para-hydroxylation sites is 1. The Morgan fingerprint density at radius 2 is 1.88 bits per heavy atom. The van der Waals surface area contributed by atoms with Crippen LogP contribution in [0.15, 0.2) is 53.7 Å². The lowest BCUT2D eigenvalue weighted by atomic mass is 10.0. The summed E-state index contributed by atoms with van der Waals surface area (Å²) in [5.74, 6) is 0.910. The summed E-state index contributed by atoms with van der Waals surface area (Å²) in [6, 6.07) is 16.5. The van der Waals surface area contributed by atoms with Gasteiger partial charge in [-0.2, -0.15) is 0 Å². The number of rotatable bonds is 5. The molecule has 3 heterocycles. The highest BCUT2D eigenvalue weighted by molar-refractivity contribution is 8.00. The fourth-order valence-electron chi connectivity index (χ4n) is 4.49. The number of aromatic nitrogens is 3. The summed E-state index contributed by atoms with van der Waals surface area (Å²) in [4.78, 5) is 17.6. The topological polar surface area (TPSA) is 63.5 Å². The average Bonchev–Trinajstić information content (AvgIpc) is 3.27. The van der Waals surface area contributed by atoms with Gasteiger partial charge >= 0.3 is 0 Å². The number of ether oxygens (including phenoxy) is 1. The maximum absolute atomic E-state index is 13.5. The first-order chi connectivity index (χ1) is 16.1. The highest BCUT2D eigenvalue weighted by Gasteiger charge is 2.29. The van der Waals surface area contributed by atoms with Gasteiger partial charge in [0, 0.05) is 25.3 Å². The van der Waals surface area contributed by atoms with Gasteiger partial charge < -0.3 is 14.5 Å². The maximum atomic E-state index is 13.5. The Morgan fingerprint density at radius 1 is 1.06 bits per heavy atom. The summed E-state index contributed by atoms with van der Waals surface area (Å²) in [5.41, 5.74) is 4.45. The summed E-state index contributed by atoms with van der Waals surface area (Å²) in [7, 11) is 0. The highest BCUT2D eigenvalue weighted by atomic mass is 32.2. The van der Waals surface area contributed by atoms with Crippen LogP contribution in [0.4, 0.5) is 11.6 Å². The summed E-state index contributed by atoms with van der Waals surface area (Å²) < 4.78 is 7.61. The summed E-state index contributed by atoms with van der Waals surface area (Å²) in [5, 5.41) is 9.52. The Kier molecular flexibility index (Phi) is 6.37. The van der Waals surface area contributed by atoms with Gasteiger partial charge in [-0.15, -0.1) is 10.2 Å². The van der Waals surface area contributed by atoms with Crippen molar-refractivity contribution < 1.29 is 9.53 Å². The van der Waals surface area contributed by atoms with Gasteiger partial charge in [-0.05, 0) is 56.0 Å². The highest BCUT2D eigenvalue weighted by Crippen LogP contribution is 2.33. The molecule has 0 saturated carbocycles. The van der Waals surface area contributed by atoms with Gasteiger partial charge in [0.15, 0.2) is 5.16 Å². The van der Waals surface area contributed by atoms with Crippen LogP contribution in [0.3, 0.4) is 0 Å². The number of hydrogen-bond acceptors (Lipinski definition) is 6. The first kappa shape index (κ1) is 22.0.